The van der Waals surface area contributed by atoms with Crippen LogP contribution in [-0.2, 0) is 4.74 Å². The summed E-state index contributed by atoms with van der Waals surface area (Å²) in [5.74, 6) is 0.0861. The number of ether oxygens (including phenoxy) is 1. The zero-order valence-electron chi connectivity index (χ0n) is 15.3. The average molecular weight is 354 g/mol. The van der Waals surface area contributed by atoms with Crippen LogP contribution in [0.4, 0.5) is 5.69 Å². The van der Waals surface area contributed by atoms with Crippen molar-refractivity contribution in [3.05, 3.63) is 48.0 Å². The summed E-state index contributed by atoms with van der Waals surface area (Å²) in [5, 5.41) is 13.4. The molecule has 0 spiro atoms. The van der Waals surface area contributed by atoms with Gasteiger partial charge in [-0.05, 0) is 63.5 Å². The Kier molecular flexibility index (Phi) is 5.18. The molecular formula is C21H26N2O3. The topological polar surface area (TPSA) is 84.6 Å². The van der Waals surface area contributed by atoms with E-state index in [9.17, 15) is 9.90 Å². The summed E-state index contributed by atoms with van der Waals surface area (Å²) >= 11 is 0. The van der Waals surface area contributed by atoms with Crippen molar-refractivity contribution >= 4 is 11.7 Å². The number of nitrogen functional groups attached to an aromatic ring is 1. The Morgan fingerprint density at radius 3 is 2.46 bits per heavy atom. The molecule has 0 aliphatic carbocycles. The molecule has 1 fully saturated rings. The first-order valence-corrected chi connectivity index (χ1v) is 9.00. The SMILES string of the molecule is CC(C)(OC(=O)c1ccc(-c2cccc(N)c2O)cc1)C1CCNCC1. The molecule has 26 heavy (non-hydrogen) atoms. The van der Waals surface area contributed by atoms with Gasteiger partial charge >= 0.3 is 5.97 Å². The minimum atomic E-state index is -0.496. The van der Waals surface area contributed by atoms with Crippen molar-refractivity contribution in [2.24, 2.45) is 5.92 Å². The van der Waals surface area contributed by atoms with Crippen LogP contribution in [-0.4, -0.2) is 29.8 Å². The number of phenols is 1. The standard InChI is InChI=1S/C21H26N2O3/c1-21(2,16-10-12-23-13-11-16)26-20(25)15-8-6-14(7-9-15)17-4-3-5-18(22)19(17)24/h3-9,16,23-24H,10-13,22H2,1-2H3. The first-order valence-electron chi connectivity index (χ1n) is 9.00. The van der Waals surface area contributed by atoms with Gasteiger partial charge in [0, 0.05) is 11.5 Å². The summed E-state index contributed by atoms with van der Waals surface area (Å²) in [6, 6.07) is 12.3. The molecule has 0 atom stereocenters. The zero-order chi connectivity index (χ0) is 18.7. The smallest absolute Gasteiger partial charge is 0.338 e. The van der Waals surface area contributed by atoms with Crippen molar-refractivity contribution < 1.29 is 14.6 Å². The number of esters is 1. The van der Waals surface area contributed by atoms with E-state index in [2.05, 4.69) is 5.32 Å². The van der Waals surface area contributed by atoms with Crippen LogP contribution in [0.15, 0.2) is 42.5 Å². The van der Waals surface area contributed by atoms with Gasteiger partial charge in [0.05, 0.1) is 11.3 Å². The van der Waals surface area contributed by atoms with E-state index in [1.165, 1.54) is 0 Å². The number of rotatable bonds is 4. The predicted octanol–water partition coefficient (Wildman–Crippen LogP) is 3.58. The second-order valence-corrected chi connectivity index (χ2v) is 7.34. The molecule has 0 saturated carbocycles. The first-order chi connectivity index (χ1) is 12.4. The summed E-state index contributed by atoms with van der Waals surface area (Å²) in [6.45, 7) is 5.90. The molecule has 138 valence electrons. The number of phenolic OH excluding ortho intramolecular Hbond substituents is 1. The molecular weight excluding hydrogens is 328 g/mol. The number of benzene rings is 2. The van der Waals surface area contributed by atoms with E-state index >= 15 is 0 Å². The lowest BCUT2D eigenvalue weighted by Crippen LogP contribution is -2.42. The van der Waals surface area contributed by atoms with E-state index in [-0.39, 0.29) is 11.7 Å². The predicted molar refractivity (Wildman–Crippen MR) is 103 cm³/mol. The normalized spacial score (nSPS) is 15.6. The maximum absolute atomic E-state index is 12.6. The van der Waals surface area contributed by atoms with Crippen LogP contribution in [0.2, 0.25) is 0 Å². The highest BCUT2D eigenvalue weighted by Crippen LogP contribution is 2.34. The minimum Gasteiger partial charge on any atom is -0.505 e. The fourth-order valence-corrected chi connectivity index (χ4v) is 3.48. The van der Waals surface area contributed by atoms with Gasteiger partial charge in [-0.25, -0.2) is 4.79 Å². The van der Waals surface area contributed by atoms with Gasteiger partial charge in [0.1, 0.15) is 11.4 Å². The van der Waals surface area contributed by atoms with Crippen LogP contribution in [0.25, 0.3) is 11.1 Å². The number of aromatic hydroxyl groups is 1. The molecule has 5 nitrogen and oxygen atoms in total. The highest BCUT2D eigenvalue weighted by molar-refractivity contribution is 5.90. The summed E-state index contributed by atoms with van der Waals surface area (Å²) in [7, 11) is 0. The molecule has 5 heteroatoms. The third-order valence-electron chi connectivity index (χ3n) is 5.18. The Hall–Kier alpha value is -2.53. The van der Waals surface area contributed by atoms with Crippen molar-refractivity contribution in [3.8, 4) is 16.9 Å². The second kappa shape index (κ2) is 7.38. The lowest BCUT2D eigenvalue weighted by atomic mass is 9.83. The van der Waals surface area contributed by atoms with Crippen molar-refractivity contribution in [2.45, 2.75) is 32.3 Å². The van der Waals surface area contributed by atoms with E-state index in [0.717, 1.165) is 31.5 Å². The van der Waals surface area contributed by atoms with Gasteiger partial charge in [-0.3, -0.25) is 0 Å². The average Bonchev–Trinajstić information content (AvgIpc) is 2.64. The number of piperidine rings is 1. The highest BCUT2D eigenvalue weighted by atomic mass is 16.6. The Labute approximate surface area is 154 Å². The highest BCUT2D eigenvalue weighted by Gasteiger charge is 2.34. The molecule has 0 unspecified atom stereocenters. The molecule has 1 heterocycles. The monoisotopic (exact) mass is 354 g/mol. The van der Waals surface area contributed by atoms with Crippen molar-refractivity contribution in [2.75, 3.05) is 18.8 Å². The van der Waals surface area contributed by atoms with Crippen molar-refractivity contribution in [1.82, 2.24) is 5.32 Å². The number of hydrogen-bond acceptors (Lipinski definition) is 5. The summed E-state index contributed by atoms with van der Waals surface area (Å²) in [4.78, 5) is 12.6. The fourth-order valence-electron chi connectivity index (χ4n) is 3.48. The van der Waals surface area contributed by atoms with Crippen LogP contribution < -0.4 is 11.1 Å². The van der Waals surface area contributed by atoms with E-state index in [4.69, 9.17) is 10.5 Å². The molecule has 2 aromatic carbocycles. The second-order valence-electron chi connectivity index (χ2n) is 7.34. The third kappa shape index (κ3) is 3.83. The van der Waals surface area contributed by atoms with E-state index in [1.54, 1.807) is 42.5 Å². The minimum absolute atomic E-state index is 0.0508. The van der Waals surface area contributed by atoms with Gasteiger partial charge < -0.3 is 20.9 Å². The number of carbonyl (C=O) groups is 1. The molecule has 0 radical (unpaired) electrons. The first kappa shape index (κ1) is 18.3. The van der Waals surface area contributed by atoms with Gasteiger partial charge in [0.25, 0.3) is 0 Å². The molecule has 0 bridgehead atoms. The number of carbonyl (C=O) groups excluding carboxylic acids is 1. The molecule has 2 aromatic rings. The summed E-state index contributed by atoms with van der Waals surface area (Å²) in [6.07, 6.45) is 2.02. The molecule has 0 aromatic heterocycles. The fraction of sp³-hybridized carbons (Fsp3) is 0.381. The number of nitrogens with two attached hydrogens (primary N) is 1. The maximum atomic E-state index is 12.6. The molecule has 1 saturated heterocycles. The van der Waals surface area contributed by atoms with Gasteiger partial charge in [0.2, 0.25) is 0 Å². The van der Waals surface area contributed by atoms with Crippen molar-refractivity contribution in [3.63, 3.8) is 0 Å². The van der Waals surface area contributed by atoms with Gasteiger partial charge in [0.15, 0.2) is 0 Å². The van der Waals surface area contributed by atoms with Crippen LogP contribution in [0.1, 0.15) is 37.0 Å². The number of nitrogens with one attached hydrogen (secondary N) is 1. The van der Waals surface area contributed by atoms with Gasteiger partial charge in [-0.1, -0.05) is 24.3 Å². The summed E-state index contributed by atoms with van der Waals surface area (Å²) in [5.41, 5.74) is 7.51. The van der Waals surface area contributed by atoms with E-state index in [0.29, 0.717) is 22.7 Å². The van der Waals surface area contributed by atoms with Crippen LogP contribution >= 0.6 is 0 Å². The molecule has 3 rings (SSSR count). The lowest BCUT2D eigenvalue weighted by molar-refractivity contribution is -0.0368. The molecule has 1 aliphatic rings. The van der Waals surface area contributed by atoms with Crippen molar-refractivity contribution in [1.29, 1.82) is 0 Å². The maximum Gasteiger partial charge on any atom is 0.338 e. The van der Waals surface area contributed by atoms with Gasteiger partial charge in [-0.15, -0.1) is 0 Å². The number of anilines is 1. The molecule has 1 aliphatic heterocycles. The summed E-state index contributed by atoms with van der Waals surface area (Å²) < 4.78 is 5.82. The Balaban J connectivity index is 1.73. The Morgan fingerprint density at radius 2 is 1.81 bits per heavy atom. The molecule has 4 N–H and O–H groups in total. The third-order valence-corrected chi connectivity index (χ3v) is 5.18. The zero-order valence-corrected chi connectivity index (χ0v) is 15.3. The van der Waals surface area contributed by atoms with Crippen LogP contribution in [0, 0.1) is 5.92 Å². The lowest BCUT2D eigenvalue weighted by Gasteiger charge is -2.36. The van der Waals surface area contributed by atoms with Gasteiger partial charge in [-0.2, -0.15) is 0 Å². The largest absolute Gasteiger partial charge is 0.505 e. The number of hydrogen-bond donors (Lipinski definition) is 3. The van der Waals surface area contributed by atoms with E-state index < -0.39 is 5.60 Å². The van der Waals surface area contributed by atoms with Crippen LogP contribution in [0.5, 0.6) is 5.75 Å². The number of para-hydroxylation sites is 1. The Morgan fingerprint density at radius 1 is 1.15 bits per heavy atom. The van der Waals surface area contributed by atoms with E-state index in [1.807, 2.05) is 13.8 Å². The molecule has 0 amide bonds. The quantitative estimate of drug-likeness (QED) is 0.444. The Bertz CT molecular complexity index is 778. The van der Waals surface area contributed by atoms with Crippen LogP contribution in [0.3, 0.4) is 0 Å².